The molecule has 1 unspecified atom stereocenters. The van der Waals surface area contributed by atoms with Crippen LogP contribution in [0.25, 0.3) is 17.0 Å². The molecular weight excluding hydrogens is 366 g/mol. The summed E-state index contributed by atoms with van der Waals surface area (Å²) < 4.78 is 0. The predicted octanol–water partition coefficient (Wildman–Crippen LogP) is 3.59. The van der Waals surface area contributed by atoms with Crippen LogP contribution in [0.1, 0.15) is 16.5 Å². The highest BCUT2D eigenvalue weighted by Gasteiger charge is 2.24. The van der Waals surface area contributed by atoms with Crippen LogP contribution in [0.3, 0.4) is 0 Å². The molecule has 1 aromatic carbocycles. The molecule has 2 aromatic heterocycles. The normalized spacial score (nSPS) is 18.6. The smallest absolute Gasteiger partial charge is 0.264 e. The Bertz CT molecular complexity index is 1010. The summed E-state index contributed by atoms with van der Waals surface area (Å²) in [5.74, 6) is -0.175. The van der Waals surface area contributed by atoms with Gasteiger partial charge >= 0.3 is 0 Å². The second kappa shape index (κ2) is 7.41. The maximum absolute atomic E-state index is 12.2. The predicted molar refractivity (Wildman–Crippen MR) is 107 cm³/mol. The van der Waals surface area contributed by atoms with Crippen molar-refractivity contribution in [1.29, 1.82) is 0 Å². The van der Waals surface area contributed by atoms with Gasteiger partial charge in [0.2, 0.25) is 0 Å². The second-order valence-electron chi connectivity index (χ2n) is 5.70. The van der Waals surface area contributed by atoms with Crippen molar-refractivity contribution in [3.63, 3.8) is 0 Å². The van der Waals surface area contributed by atoms with Gasteiger partial charge in [-0.05, 0) is 53.0 Å². The first-order valence-corrected chi connectivity index (χ1v) is 9.70. The number of rotatable bonds is 4. The number of aromatic nitrogens is 1. The van der Waals surface area contributed by atoms with E-state index in [2.05, 4.69) is 15.3 Å². The fraction of sp³-hybridized carbons (Fsp3) is 0.105. The topological polar surface area (TPSA) is 74.6 Å². The maximum Gasteiger partial charge on any atom is 0.264 e. The summed E-state index contributed by atoms with van der Waals surface area (Å²) in [5, 5.41) is 16.3. The summed E-state index contributed by atoms with van der Waals surface area (Å²) >= 11 is 2.77. The van der Waals surface area contributed by atoms with E-state index >= 15 is 0 Å². The maximum atomic E-state index is 12.2. The Morgan fingerprint density at radius 3 is 3.04 bits per heavy atom. The van der Waals surface area contributed by atoms with Gasteiger partial charge in [0, 0.05) is 16.5 Å². The average Bonchev–Trinajstić information content (AvgIpc) is 3.30. The number of fused-ring (bicyclic) bond motifs is 1. The van der Waals surface area contributed by atoms with Gasteiger partial charge in [-0.25, -0.2) is 0 Å². The molecule has 1 atom stereocenters. The Kier molecular flexibility index (Phi) is 4.83. The number of benzene rings is 1. The lowest BCUT2D eigenvalue weighted by molar-refractivity contribution is -0.115. The molecule has 1 saturated heterocycles. The summed E-state index contributed by atoms with van der Waals surface area (Å²) in [7, 11) is 0. The molecule has 0 spiro atoms. The third kappa shape index (κ3) is 3.70. The summed E-state index contributed by atoms with van der Waals surface area (Å²) in [5.41, 5.74) is 1.85. The van der Waals surface area contributed by atoms with Gasteiger partial charge in [0.1, 0.15) is 6.10 Å². The summed E-state index contributed by atoms with van der Waals surface area (Å²) in [6, 6.07) is 13.5. The summed E-state index contributed by atoms with van der Waals surface area (Å²) in [6.07, 6.45) is 2.94. The summed E-state index contributed by atoms with van der Waals surface area (Å²) in [4.78, 5) is 22.2. The van der Waals surface area contributed by atoms with E-state index in [0.29, 0.717) is 10.1 Å². The van der Waals surface area contributed by atoms with Crippen LogP contribution in [-0.2, 0) is 4.79 Å². The molecule has 1 aliphatic heterocycles. The van der Waals surface area contributed by atoms with E-state index in [1.165, 1.54) is 23.1 Å². The van der Waals surface area contributed by atoms with Gasteiger partial charge in [-0.2, -0.15) is 0 Å². The molecule has 130 valence electrons. The molecule has 26 heavy (non-hydrogen) atoms. The second-order valence-corrected chi connectivity index (χ2v) is 7.71. The number of amidine groups is 1. The Balaban J connectivity index is 1.49. The number of aliphatic hydroxyl groups excluding tert-OH is 1. The third-order valence-electron chi connectivity index (χ3n) is 3.86. The van der Waals surface area contributed by atoms with E-state index in [0.717, 1.165) is 21.3 Å². The molecule has 5 nitrogen and oxygen atoms in total. The Morgan fingerprint density at radius 2 is 2.19 bits per heavy atom. The average molecular weight is 381 g/mol. The van der Waals surface area contributed by atoms with Crippen molar-refractivity contribution in [3.05, 3.63) is 69.4 Å². The van der Waals surface area contributed by atoms with Crippen LogP contribution in [0, 0.1) is 0 Å². The molecule has 3 aromatic rings. The first-order chi connectivity index (χ1) is 12.7. The van der Waals surface area contributed by atoms with Crippen molar-refractivity contribution < 1.29 is 9.90 Å². The minimum absolute atomic E-state index is 0.175. The number of thioether (sulfide) groups is 1. The molecule has 3 heterocycles. The molecule has 1 amide bonds. The molecule has 0 bridgehead atoms. The number of hydrogen-bond donors (Lipinski definition) is 2. The number of amides is 1. The largest absolute Gasteiger partial charge is 0.386 e. The lowest BCUT2D eigenvalue weighted by Crippen LogP contribution is -2.20. The minimum Gasteiger partial charge on any atom is -0.386 e. The van der Waals surface area contributed by atoms with E-state index in [1.807, 2.05) is 53.9 Å². The fourth-order valence-corrected chi connectivity index (χ4v) is 4.11. The number of aliphatic hydroxyl groups is 1. The van der Waals surface area contributed by atoms with Gasteiger partial charge in [-0.15, -0.1) is 11.3 Å². The zero-order valence-corrected chi connectivity index (χ0v) is 15.3. The van der Waals surface area contributed by atoms with Crippen LogP contribution in [0.2, 0.25) is 0 Å². The van der Waals surface area contributed by atoms with Crippen LogP contribution in [0.4, 0.5) is 0 Å². The van der Waals surface area contributed by atoms with Crippen LogP contribution in [0.5, 0.6) is 0 Å². The van der Waals surface area contributed by atoms with E-state index in [4.69, 9.17) is 0 Å². The van der Waals surface area contributed by atoms with Crippen molar-refractivity contribution in [1.82, 2.24) is 10.3 Å². The van der Waals surface area contributed by atoms with Crippen molar-refractivity contribution in [3.8, 4) is 0 Å². The number of carbonyl (C=O) groups excluding carboxylic acids is 1. The molecule has 2 N–H and O–H groups in total. The zero-order chi connectivity index (χ0) is 17.9. The van der Waals surface area contributed by atoms with Gasteiger partial charge in [-0.1, -0.05) is 18.2 Å². The highest BCUT2D eigenvalue weighted by Crippen LogP contribution is 2.27. The Labute approximate surface area is 158 Å². The first kappa shape index (κ1) is 17.0. The van der Waals surface area contributed by atoms with Crippen LogP contribution >= 0.6 is 23.1 Å². The molecule has 4 rings (SSSR count). The third-order valence-corrected chi connectivity index (χ3v) is 5.78. The highest BCUT2D eigenvalue weighted by atomic mass is 32.2. The number of nitrogens with one attached hydrogen (secondary N) is 1. The number of thiophene rings is 1. The lowest BCUT2D eigenvalue weighted by atomic mass is 10.1. The highest BCUT2D eigenvalue weighted by molar-refractivity contribution is 8.18. The minimum atomic E-state index is -0.652. The Morgan fingerprint density at radius 1 is 1.27 bits per heavy atom. The van der Waals surface area contributed by atoms with Crippen molar-refractivity contribution in [2.75, 3.05) is 6.54 Å². The van der Waals surface area contributed by atoms with E-state index in [9.17, 15) is 9.90 Å². The number of aliphatic imine (C=N–C) groups is 1. The number of pyridine rings is 1. The molecule has 7 heteroatoms. The standard InChI is InChI=1S/C19H15N3O2S2/c23-15(16-4-2-8-25-16)11-21-19-22-18(24)17(26-19)10-12-5-6-14-13(9-12)3-1-7-20-14/h1-10,15,23H,11H2,(H,21,22,24)/b17-10-. The van der Waals surface area contributed by atoms with Crippen molar-refractivity contribution >= 4 is 51.2 Å². The van der Waals surface area contributed by atoms with Gasteiger partial charge < -0.3 is 10.4 Å². The van der Waals surface area contributed by atoms with E-state index < -0.39 is 6.10 Å². The fourth-order valence-electron chi connectivity index (χ4n) is 2.58. The van der Waals surface area contributed by atoms with Crippen molar-refractivity contribution in [2.24, 2.45) is 4.99 Å². The number of hydrogen-bond acceptors (Lipinski definition) is 6. The van der Waals surface area contributed by atoms with Crippen LogP contribution in [-0.4, -0.2) is 27.7 Å². The molecule has 1 fully saturated rings. The van der Waals surface area contributed by atoms with Gasteiger partial charge in [0.05, 0.1) is 17.0 Å². The number of nitrogens with zero attached hydrogens (tertiary/aromatic N) is 2. The zero-order valence-electron chi connectivity index (χ0n) is 13.6. The van der Waals surface area contributed by atoms with Gasteiger partial charge in [0.15, 0.2) is 5.17 Å². The molecule has 0 aliphatic carbocycles. The van der Waals surface area contributed by atoms with Gasteiger partial charge in [0.25, 0.3) is 5.91 Å². The molecule has 0 radical (unpaired) electrons. The molecule has 0 saturated carbocycles. The molecule has 1 aliphatic rings. The van der Waals surface area contributed by atoms with E-state index in [-0.39, 0.29) is 12.5 Å². The van der Waals surface area contributed by atoms with Gasteiger partial charge in [-0.3, -0.25) is 14.8 Å². The van der Waals surface area contributed by atoms with E-state index in [1.54, 1.807) is 6.20 Å². The lowest BCUT2D eigenvalue weighted by Gasteiger charge is -2.04. The van der Waals surface area contributed by atoms with Crippen molar-refractivity contribution in [2.45, 2.75) is 6.10 Å². The van der Waals surface area contributed by atoms with Crippen LogP contribution < -0.4 is 5.32 Å². The Hall–Kier alpha value is -2.48. The quantitative estimate of drug-likeness (QED) is 0.677. The first-order valence-electron chi connectivity index (χ1n) is 8.01. The SMILES string of the molecule is O=C1NC(=NCC(O)c2cccs2)S/C1=C\c1ccc2ncccc2c1. The monoisotopic (exact) mass is 381 g/mol. The summed E-state index contributed by atoms with van der Waals surface area (Å²) in [6.45, 7) is 0.220. The molecular formula is C19H15N3O2S2. The van der Waals surface area contributed by atoms with Crippen LogP contribution in [0.15, 0.2) is 63.9 Å². The number of carbonyl (C=O) groups is 1.